The molecule has 2 heterocycles. The molecule has 1 aliphatic rings. The van der Waals surface area contributed by atoms with Crippen LogP contribution in [0.4, 0.5) is 17.3 Å². The molecule has 1 fully saturated rings. The van der Waals surface area contributed by atoms with Gasteiger partial charge in [-0.25, -0.2) is 9.97 Å². The molecule has 1 saturated carbocycles. The van der Waals surface area contributed by atoms with E-state index < -0.39 is 0 Å². The van der Waals surface area contributed by atoms with Crippen molar-refractivity contribution in [1.29, 1.82) is 0 Å². The summed E-state index contributed by atoms with van der Waals surface area (Å²) in [6, 6.07) is 16.3. The zero-order chi connectivity index (χ0) is 27.3. The van der Waals surface area contributed by atoms with Crippen LogP contribution in [-0.2, 0) is 11.8 Å². The fourth-order valence-electron chi connectivity index (χ4n) is 4.24. The Morgan fingerprint density at radius 1 is 1.26 bits per heavy atom. The molecule has 0 spiro atoms. The smallest absolute Gasteiger partial charge is 0.243 e. The van der Waals surface area contributed by atoms with Crippen molar-refractivity contribution in [2.75, 3.05) is 38.0 Å². The summed E-state index contributed by atoms with van der Waals surface area (Å²) < 4.78 is 7.77. The molecular weight excluding hydrogens is 478 g/mol. The highest BCUT2D eigenvalue weighted by molar-refractivity contribution is 5.95. The van der Waals surface area contributed by atoms with Crippen LogP contribution in [-0.4, -0.2) is 53.7 Å². The number of carbonyl (C=O) groups excluding carboxylic acids is 1. The van der Waals surface area contributed by atoms with Crippen molar-refractivity contribution in [2.24, 2.45) is 12.8 Å². The summed E-state index contributed by atoms with van der Waals surface area (Å²) >= 11 is 0. The Bertz CT molecular complexity index is 1440. The molecular formula is C29H35N7O2. The number of nitrogens with two attached hydrogens (primary N) is 1. The minimum absolute atomic E-state index is 0.0468. The van der Waals surface area contributed by atoms with E-state index in [1.165, 1.54) is 11.6 Å². The number of likely N-dealkylation sites (N-methyl/N-ethyl adjacent to an activating group) is 2. The number of aryl methyl sites for hydroxylation is 1. The van der Waals surface area contributed by atoms with Crippen LogP contribution in [0, 0.1) is 0 Å². The molecule has 0 atom stereocenters. The quantitative estimate of drug-likeness (QED) is 0.302. The summed E-state index contributed by atoms with van der Waals surface area (Å²) in [5.41, 5.74) is 11.2. The molecule has 4 N–H and O–H groups in total. The summed E-state index contributed by atoms with van der Waals surface area (Å²) in [7, 11) is 7.34. The van der Waals surface area contributed by atoms with Crippen LogP contribution in [0.2, 0.25) is 0 Å². The third-order valence-electron chi connectivity index (χ3n) is 6.58. The van der Waals surface area contributed by atoms with E-state index in [0.29, 0.717) is 5.95 Å². The minimum atomic E-state index is -0.144. The Kier molecular flexibility index (Phi) is 7.97. The molecule has 0 unspecified atom stereocenters. The fourth-order valence-corrected chi connectivity index (χ4v) is 4.24. The van der Waals surface area contributed by atoms with E-state index in [1.807, 2.05) is 37.4 Å². The van der Waals surface area contributed by atoms with Crippen molar-refractivity contribution in [3.05, 3.63) is 73.6 Å². The number of methoxy groups -OCH3 is 1. The standard InChI is InChI=1S/C25H28N6O.C4H7NO/c1-30-15-19(18-6-4-5-7-22(18)30)20-10-13-27-24(28-20)29-21-9-8-17(14-23(21)32-3)31(2)16-25(26)11-12-25;1-3-4(6)5-2/h4-10,13-15H,11-12,16,26H2,1-3H3,(H,27,28,29);3H,1H2,2H3,(H,5,6). The van der Waals surface area contributed by atoms with E-state index in [1.54, 1.807) is 20.4 Å². The summed E-state index contributed by atoms with van der Waals surface area (Å²) in [6.45, 7) is 4.05. The number of rotatable bonds is 8. The van der Waals surface area contributed by atoms with Gasteiger partial charge in [-0.2, -0.15) is 0 Å². The lowest BCUT2D eigenvalue weighted by atomic mass is 10.1. The first-order valence-electron chi connectivity index (χ1n) is 12.4. The highest BCUT2D eigenvalue weighted by atomic mass is 16.5. The molecule has 198 valence electrons. The summed E-state index contributed by atoms with van der Waals surface area (Å²) in [5, 5.41) is 6.84. The second-order valence-corrected chi connectivity index (χ2v) is 9.48. The van der Waals surface area contributed by atoms with E-state index in [0.717, 1.165) is 53.2 Å². The SMILES string of the molecule is C=CC(=O)NC.COc1cc(N(C)CC2(N)CC2)ccc1Nc1nccc(-c2cn(C)c3ccccc23)n1. The second-order valence-electron chi connectivity index (χ2n) is 9.48. The largest absolute Gasteiger partial charge is 0.494 e. The molecule has 1 aliphatic carbocycles. The van der Waals surface area contributed by atoms with E-state index in [9.17, 15) is 4.79 Å². The molecule has 0 aliphatic heterocycles. The lowest BCUT2D eigenvalue weighted by Crippen LogP contribution is -2.37. The molecule has 0 radical (unpaired) electrons. The molecule has 4 aromatic rings. The summed E-state index contributed by atoms with van der Waals surface area (Å²) in [6.07, 6.45) is 7.26. The number of hydrogen-bond donors (Lipinski definition) is 3. The monoisotopic (exact) mass is 513 g/mol. The molecule has 9 heteroatoms. The average molecular weight is 514 g/mol. The number of amides is 1. The van der Waals surface area contributed by atoms with E-state index in [-0.39, 0.29) is 11.4 Å². The van der Waals surface area contributed by atoms with E-state index >= 15 is 0 Å². The van der Waals surface area contributed by atoms with Crippen LogP contribution in [0.3, 0.4) is 0 Å². The van der Waals surface area contributed by atoms with Gasteiger partial charge in [0.05, 0.1) is 18.5 Å². The van der Waals surface area contributed by atoms with Crippen molar-refractivity contribution in [2.45, 2.75) is 18.4 Å². The fraction of sp³-hybridized carbons (Fsp3) is 0.276. The number of nitrogens with zero attached hydrogens (tertiary/aromatic N) is 4. The third kappa shape index (κ3) is 6.12. The van der Waals surface area contributed by atoms with Crippen molar-refractivity contribution in [3.63, 3.8) is 0 Å². The van der Waals surface area contributed by atoms with Crippen LogP contribution in [0.15, 0.2) is 73.6 Å². The predicted octanol–water partition coefficient (Wildman–Crippen LogP) is 4.23. The van der Waals surface area contributed by atoms with Gasteiger partial charge in [-0.3, -0.25) is 4.79 Å². The van der Waals surface area contributed by atoms with Gasteiger partial charge in [0.2, 0.25) is 11.9 Å². The van der Waals surface area contributed by atoms with Gasteiger partial charge in [0, 0.05) is 73.8 Å². The van der Waals surface area contributed by atoms with Crippen molar-refractivity contribution in [1.82, 2.24) is 19.9 Å². The number of para-hydroxylation sites is 1. The van der Waals surface area contributed by atoms with Gasteiger partial charge in [0.25, 0.3) is 0 Å². The maximum absolute atomic E-state index is 9.95. The van der Waals surface area contributed by atoms with Gasteiger partial charge < -0.3 is 30.6 Å². The molecule has 9 nitrogen and oxygen atoms in total. The number of aromatic nitrogens is 3. The van der Waals surface area contributed by atoms with Crippen LogP contribution >= 0.6 is 0 Å². The lowest BCUT2D eigenvalue weighted by molar-refractivity contribution is -0.116. The highest BCUT2D eigenvalue weighted by Gasteiger charge is 2.39. The normalized spacial score (nSPS) is 13.2. The molecule has 0 saturated heterocycles. The van der Waals surface area contributed by atoms with Crippen molar-refractivity contribution >= 4 is 34.1 Å². The Morgan fingerprint density at radius 2 is 2.03 bits per heavy atom. The number of fused-ring (bicyclic) bond motifs is 1. The maximum atomic E-state index is 9.95. The molecule has 5 rings (SSSR count). The minimum Gasteiger partial charge on any atom is -0.494 e. The van der Waals surface area contributed by atoms with Gasteiger partial charge in [-0.05, 0) is 43.2 Å². The zero-order valence-corrected chi connectivity index (χ0v) is 22.4. The highest BCUT2D eigenvalue weighted by Crippen LogP contribution is 2.36. The van der Waals surface area contributed by atoms with Crippen LogP contribution in [0.25, 0.3) is 22.2 Å². The lowest BCUT2D eigenvalue weighted by Gasteiger charge is -2.24. The Balaban J connectivity index is 0.000000505. The second kappa shape index (κ2) is 11.4. The van der Waals surface area contributed by atoms with Gasteiger partial charge in [-0.15, -0.1) is 0 Å². The Morgan fingerprint density at radius 3 is 2.68 bits per heavy atom. The van der Waals surface area contributed by atoms with Gasteiger partial charge in [0.1, 0.15) is 5.75 Å². The van der Waals surface area contributed by atoms with Crippen LogP contribution in [0.5, 0.6) is 5.75 Å². The summed E-state index contributed by atoms with van der Waals surface area (Å²) in [4.78, 5) is 21.3. The van der Waals surface area contributed by atoms with Crippen LogP contribution in [0.1, 0.15) is 12.8 Å². The maximum Gasteiger partial charge on any atom is 0.243 e. The number of anilines is 3. The number of ether oxygens (including phenoxy) is 1. The third-order valence-corrected chi connectivity index (χ3v) is 6.58. The molecule has 2 aromatic heterocycles. The van der Waals surface area contributed by atoms with Gasteiger partial charge in [-0.1, -0.05) is 24.8 Å². The van der Waals surface area contributed by atoms with E-state index in [4.69, 9.17) is 15.5 Å². The average Bonchev–Trinajstić information content (AvgIpc) is 3.57. The number of nitrogens with one attached hydrogen (secondary N) is 2. The van der Waals surface area contributed by atoms with Crippen molar-refractivity contribution < 1.29 is 9.53 Å². The topological polar surface area (TPSA) is 110 Å². The Labute approximate surface area is 223 Å². The zero-order valence-electron chi connectivity index (χ0n) is 22.4. The number of carbonyl (C=O) groups is 1. The van der Waals surface area contributed by atoms with E-state index in [2.05, 4.69) is 63.1 Å². The molecule has 1 amide bonds. The van der Waals surface area contributed by atoms with Gasteiger partial charge >= 0.3 is 0 Å². The first-order chi connectivity index (χ1) is 18.3. The first kappa shape index (κ1) is 26.7. The predicted molar refractivity (Wildman–Crippen MR) is 154 cm³/mol. The van der Waals surface area contributed by atoms with Crippen LogP contribution < -0.4 is 26.0 Å². The first-order valence-corrected chi connectivity index (χ1v) is 12.4. The molecule has 38 heavy (non-hydrogen) atoms. The van der Waals surface area contributed by atoms with Crippen molar-refractivity contribution in [3.8, 4) is 17.0 Å². The summed E-state index contributed by atoms with van der Waals surface area (Å²) in [5.74, 6) is 1.11. The Hall–Kier alpha value is -4.37. The number of hydrogen-bond acceptors (Lipinski definition) is 7. The molecule has 2 aromatic carbocycles. The molecule has 0 bridgehead atoms. The van der Waals surface area contributed by atoms with Gasteiger partial charge in [0.15, 0.2) is 0 Å². The number of benzene rings is 2.